The Morgan fingerprint density at radius 2 is 2.39 bits per heavy atom. The molecule has 0 amide bonds. The largest absolute Gasteiger partial charge is 0.348 e. The molecule has 0 aromatic carbocycles. The van der Waals surface area contributed by atoms with Crippen LogP contribution in [0.25, 0.3) is 0 Å². The molecule has 5 nitrogen and oxygen atoms in total. The van der Waals surface area contributed by atoms with Crippen molar-refractivity contribution in [2.75, 3.05) is 25.0 Å². The Morgan fingerprint density at radius 3 is 3.17 bits per heavy atom. The second-order valence-corrected chi connectivity index (χ2v) is 5.18. The lowest BCUT2D eigenvalue weighted by Crippen LogP contribution is -2.51. The fourth-order valence-corrected chi connectivity index (χ4v) is 2.92. The Morgan fingerprint density at radius 1 is 1.50 bits per heavy atom. The topological polar surface area (TPSA) is 55.5 Å². The average Bonchev–Trinajstić information content (AvgIpc) is 2.88. The van der Waals surface area contributed by atoms with Crippen LogP contribution in [-0.4, -0.2) is 37.5 Å². The summed E-state index contributed by atoms with van der Waals surface area (Å²) in [6, 6.07) is 2.60. The quantitative estimate of drug-likeness (QED) is 0.733. The predicted molar refractivity (Wildman–Crippen MR) is 74.0 cm³/mol. The number of aromatic nitrogens is 1. The van der Waals surface area contributed by atoms with Crippen LogP contribution in [-0.2, 0) is 0 Å². The number of aliphatic imine (C=N–C) groups is 1. The van der Waals surface area contributed by atoms with Gasteiger partial charge in [0.25, 0.3) is 0 Å². The highest BCUT2D eigenvalue weighted by molar-refractivity contribution is 5.82. The third-order valence-electron chi connectivity index (χ3n) is 4.07. The monoisotopic (exact) mass is 247 g/mol. The Balaban J connectivity index is 1.90. The zero-order chi connectivity index (χ0) is 12.5. The van der Waals surface area contributed by atoms with Gasteiger partial charge in [-0.3, -0.25) is 10.3 Å². The third kappa shape index (κ3) is 1.83. The minimum Gasteiger partial charge on any atom is -0.348 e. The molecule has 3 N–H and O–H groups in total. The average molecular weight is 247 g/mol. The molecule has 0 radical (unpaired) electrons. The van der Waals surface area contributed by atoms with Gasteiger partial charge in [0.2, 0.25) is 0 Å². The summed E-state index contributed by atoms with van der Waals surface area (Å²) in [5.74, 6) is 1.87. The molecule has 2 aliphatic rings. The number of H-pyrrole nitrogens is 1. The zero-order valence-corrected chi connectivity index (χ0v) is 11.0. The van der Waals surface area contributed by atoms with E-state index in [2.05, 4.69) is 38.5 Å². The van der Waals surface area contributed by atoms with Gasteiger partial charge in [0.05, 0.1) is 12.4 Å². The molecule has 3 atom stereocenters. The van der Waals surface area contributed by atoms with Crippen molar-refractivity contribution in [1.82, 2.24) is 15.6 Å². The van der Waals surface area contributed by atoms with Crippen LogP contribution < -0.4 is 15.5 Å². The first-order valence-corrected chi connectivity index (χ1v) is 6.68. The van der Waals surface area contributed by atoms with E-state index in [0.29, 0.717) is 12.0 Å². The second-order valence-electron chi connectivity index (χ2n) is 5.18. The van der Waals surface area contributed by atoms with E-state index < -0.39 is 0 Å². The van der Waals surface area contributed by atoms with E-state index in [1.165, 1.54) is 17.8 Å². The van der Waals surface area contributed by atoms with Crippen LogP contribution in [0.1, 0.15) is 25.1 Å². The molecule has 98 valence electrons. The molecule has 5 heteroatoms. The normalized spacial score (nSPS) is 31.4. The number of rotatable bonds is 2. The van der Waals surface area contributed by atoms with Gasteiger partial charge in [-0.2, -0.15) is 0 Å². The van der Waals surface area contributed by atoms with E-state index >= 15 is 0 Å². The second kappa shape index (κ2) is 4.74. The van der Waals surface area contributed by atoms with Gasteiger partial charge < -0.3 is 15.2 Å². The van der Waals surface area contributed by atoms with Gasteiger partial charge in [-0.1, -0.05) is 6.92 Å². The smallest absolute Gasteiger partial charge is 0.130 e. The third-order valence-corrected chi connectivity index (χ3v) is 4.07. The van der Waals surface area contributed by atoms with Crippen LogP contribution in [0.5, 0.6) is 0 Å². The van der Waals surface area contributed by atoms with E-state index in [0.717, 1.165) is 13.1 Å². The van der Waals surface area contributed by atoms with Crippen molar-refractivity contribution in [3.63, 3.8) is 0 Å². The van der Waals surface area contributed by atoms with Crippen LogP contribution in [0.3, 0.4) is 0 Å². The molecule has 0 saturated carbocycles. The van der Waals surface area contributed by atoms with Gasteiger partial charge in [-0.25, -0.2) is 0 Å². The van der Waals surface area contributed by atoms with Crippen molar-refractivity contribution in [1.29, 1.82) is 0 Å². The van der Waals surface area contributed by atoms with E-state index in [1.807, 2.05) is 19.6 Å². The summed E-state index contributed by atoms with van der Waals surface area (Å²) < 4.78 is 0. The van der Waals surface area contributed by atoms with E-state index in [1.54, 1.807) is 0 Å². The first-order chi connectivity index (χ1) is 8.81. The maximum atomic E-state index is 4.59. The predicted octanol–water partition coefficient (Wildman–Crippen LogP) is 1.08. The van der Waals surface area contributed by atoms with Gasteiger partial charge in [-0.05, 0) is 32.0 Å². The van der Waals surface area contributed by atoms with E-state index in [9.17, 15) is 0 Å². The van der Waals surface area contributed by atoms with Gasteiger partial charge >= 0.3 is 0 Å². The molecule has 3 rings (SSSR count). The van der Waals surface area contributed by atoms with Crippen LogP contribution in [0.15, 0.2) is 17.3 Å². The molecule has 0 bridgehead atoms. The number of hydrogen-bond acceptors (Lipinski definition) is 4. The summed E-state index contributed by atoms with van der Waals surface area (Å²) in [7, 11) is 1.94. The Bertz CT molecular complexity index is 438. The van der Waals surface area contributed by atoms with Crippen molar-refractivity contribution < 1.29 is 0 Å². The van der Waals surface area contributed by atoms with Crippen molar-refractivity contribution in [3.8, 4) is 0 Å². The molecule has 1 aromatic heterocycles. The maximum Gasteiger partial charge on any atom is 0.130 e. The molecule has 0 spiro atoms. The number of nitrogens with one attached hydrogen (secondary N) is 3. The molecule has 0 aliphatic carbocycles. The molecule has 18 heavy (non-hydrogen) atoms. The van der Waals surface area contributed by atoms with Crippen LogP contribution in [0, 0.1) is 5.92 Å². The lowest BCUT2D eigenvalue weighted by atomic mass is 9.93. The molecular weight excluding hydrogens is 226 g/mol. The van der Waals surface area contributed by atoms with Crippen molar-refractivity contribution in [3.05, 3.63) is 17.8 Å². The van der Waals surface area contributed by atoms with Gasteiger partial charge in [-0.15, -0.1) is 0 Å². The van der Waals surface area contributed by atoms with Gasteiger partial charge in [0.1, 0.15) is 12.0 Å². The van der Waals surface area contributed by atoms with Gasteiger partial charge in [0.15, 0.2) is 0 Å². The minimum atomic E-state index is 0.0781. The van der Waals surface area contributed by atoms with E-state index in [4.69, 9.17) is 0 Å². The highest BCUT2D eigenvalue weighted by atomic mass is 15.3. The van der Waals surface area contributed by atoms with Crippen LogP contribution in [0.2, 0.25) is 0 Å². The summed E-state index contributed by atoms with van der Waals surface area (Å²) in [4.78, 5) is 10.2. The fourth-order valence-electron chi connectivity index (χ4n) is 2.92. The molecule has 1 aromatic rings. The molecule has 1 fully saturated rings. The summed E-state index contributed by atoms with van der Waals surface area (Å²) in [6.07, 6.45) is 5.28. The molecule has 2 aliphatic heterocycles. The Hall–Kier alpha value is -1.33. The highest BCUT2D eigenvalue weighted by Gasteiger charge is 2.31. The number of piperidine rings is 1. The number of hydrogen-bond donors (Lipinski definition) is 3. The standard InChI is InChI=1S/C13H21N5/c1-9-3-5-15-7-11(9)18-8-17-12(14-2)10-4-6-16-13(10)18/h4,6,8-9,11-12,14-16H,3,5,7H2,1-2H3/t9-,11+,12?/m1/s1. The minimum absolute atomic E-state index is 0.0781. The lowest BCUT2D eigenvalue weighted by molar-refractivity contribution is 0.346. The number of anilines is 1. The van der Waals surface area contributed by atoms with Crippen LogP contribution in [0.4, 0.5) is 5.82 Å². The highest BCUT2D eigenvalue weighted by Crippen LogP contribution is 2.32. The van der Waals surface area contributed by atoms with Crippen molar-refractivity contribution in [2.45, 2.75) is 25.6 Å². The molecule has 1 unspecified atom stereocenters. The molecule has 3 heterocycles. The maximum absolute atomic E-state index is 4.59. The summed E-state index contributed by atoms with van der Waals surface area (Å²) in [5, 5.41) is 6.70. The summed E-state index contributed by atoms with van der Waals surface area (Å²) in [6.45, 7) is 4.47. The Labute approximate surface area is 108 Å². The number of aromatic amines is 1. The SMILES string of the molecule is CNC1N=CN([C@H]2CNCC[C@H]2C)c2[nH]ccc21. The fraction of sp³-hybridized carbons (Fsp3) is 0.615. The summed E-state index contributed by atoms with van der Waals surface area (Å²) in [5.41, 5.74) is 1.23. The van der Waals surface area contributed by atoms with Crippen molar-refractivity contribution >= 4 is 12.2 Å². The van der Waals surface area contributed by atoms with E-state index in [-0.39, 0.29) is 6.17 Å². The first kappa shape index (κ1) is 11.7. The lowest BCUT2D eigenvalue weighted by Gasteiger charge is -2.39. The Kier molecular flexibility index (Phi) is 3.09. The first-order valence-electron chi connectivity index (χ1n) is 6.68. The van der Waals surface area contributed by atoms with Gasteiger partial charge in [0, 0.05) is 18.3 Å². The molecule has 1 saturated heterocycles. The van der Waals surface area contributed by atoms with Crippen LogP contribution >= 0.6 is 0 Å². The summed E-state index contributed by atoms with van der Waals surface area (Å²) >= 11 is 0. The molecular formula is C13H21N5. The number of fused-ring (bicyclic) bond motifs is 1. The zero-order valence-electron chi connectivity index (χ0n) is 11.0. The number of nitrogens with zero attached hydrogens (tertiary/aromatic N) is 2. The van der Waals surface area contributed by atoms with Crippen molar-refractivity contribution in [2.24, 2.45) is 10.9 Å².